The maximum absolute atomic E-state index is 12.5. The molecule has 6 nitrogen and oxygen atoms in total. The summed E-state index contributed by atoms with van der Waals surface area (Å²) in [6.07, 6.45) is -4.93. The van der Waals surface area contributed by atoms with Gasteiger partial charge in [-0.1, -0.05) is 0 Å². The lowest BCUT2D eigenvalue weighted by atomic mass is 10.1. The predicted molar refractivity (Wildman–Crippen MR) is 84.7 cm³/mol. The highest BCUT2D eigenvalue weighted by Gasteiger charge is 2.42. The molecule has 1 aromatic heterocycles. The largest absolute Gasteiger partial charge is 0.497 e. The maximum Gasteiger partial charge on any atom is 0.493 e. The summed E-state index contributed by atoms with van der Waals surface area (Å²) >= 11 is 0. The molecular weight excluding hydrogens is 341 g/mol. The summed E-state index contributed by atoms with van der Waals surface area (Å²) in [6.45, 7) is 0.504. The standard InChI is InChI=1S/C16H17F3N2O4/c1-20(2)7-6-11-8-10-4-5-12(24-3)9-13(10)21(14(11)22)25-15(23)16(17,18)19/h4-5,8-9H,6-7H2,1-3H3. The van der Waals surface area contributed by atoms with Crippen molar-refractivity contribution in [2.45, 2.75) is 12.6 Å². The van der Waals surface area contributed by atoms with Crippen LogP contribution in [0.2, 0.25) is 0 Å². The van der Waals surface area contributed by atoms with E-state index in [4.69, 9.17) is 4.74 Å². The number of fused-ring (bicyclic) bond motifs is 1. The van der Waals surface area contributed by atoms with Crippen molar-refractivity contribution in [3.63, 3.8) is 0 Å². The fourth-order valence-electron chi connectivity index (χ4n) is 2.19. The molecule has 0 fully saturated rings. The molecule has 1 aromatic carbocycles. The van der Waals surface area contributed by atoms with Crippen LogP contribution in [0.4, 0.5) is 13.2 Å². The number of halogens is 3. The van der Waals surface area contributed by atoms with Crippen molar-refractivity contribution >= 4 is 16.9 Å². The van der Waals surface area contributed by atoms with E-state index in [-0.39, 0.29) is 17.5 Å². The highest BCUT2D eigenvalue weighted by Crippen LogP contribution is 2.21. The molecule has 0 saturated heterocycles. The van der Waals surface area contributed by atoms with Crippen molar-refractivity contribution in [2.75, 3.05) is 27.7 Å². The summed E-state index contributed by atoms with van der Waals surface area (Å²) in [5, 5.41) is 0.448. The number of methoxy groups -OCH3 is 1. The SMILES string of the molecule is COc1ccc2cc(CCN(C)C)c(=O)n(OC(=O)C(F)(F)F)c2c1. The van der Waals surface area contributed by atoms with Gasteiger partial charge in [0.15, 0.2) is 0 Å². The second-order valence-corrected chi connectivity index (χ2v) is 5.62. The zero-order valence-electron chi connectivity index (χ0n) is 13.9. The van der Waals surface area contributed by atoms with Gasteiger partial charge in [0.25, 0.3) is 5.56 Å². The van der Waals surface area contributed by atoms with Crippen LogP contribution in [0, 0.1) is 0 Å². The minimum Gasteiger partial charge on any atom is -0.497 e. The Labute approximate surface area is 141 Å². The van der Waals surface area contributed by atoms with Gasteiger partial charge in [-0.3, -0.25) is 4.79 Å². The highest BCUT2D eigenvalue weighted by molar-refractivity contribution is 5.82. The van der Waals surface area contributed by atoms with E-state index in [0.29, 0.717) is 22.4 Å². The van der Waals surface area contributed by atoms with Crippen LogP contribution in [0.5, 0.6) is 5.75 Å². The quantitative estimate of drug-likeness (QED) is 0.813. The zero-order valence-corrected chi connectivity index (χ0v) is 13.9. The van der Waals surface area contributed by atoms with Gasteiger partial charge in [0.05, 0.1) is 12.6 Å². The monoisotopic (exact) mass is 358 g/mol. The summed E-state index contributed by atoms with van der Waals surface area (Å²) in [6, 6.07) is 6.07. The van der Waals surface area contributed by atoms with Crippen LogP contribution in [0.15, 0.2) is 29.1 Å². The molecule has 2 rings (SSSR count). The third kappa shape index (κ3) is 4.30. The molecule has 9 heteroatoms. The Kier molecular flexibility index (Phi) is 5.36. The van der Waals surface area contributed by atoms with E-state index in [1.165, 1.54) is 13.2 Å². The number of ether oxygens (including phenoxy) is 1. The van der Waals surface area contributed by atoms with E-state index < -0.39 is 17.7 Å². The van der Waals surface area contributed by atoms with Crippen LogP contribution in [-0.2, 0) is 11.2 Å². The molecule has 0 N–H and O–H groups in total. The van der Waals surface area contributed by atoms with Crippen molar-refractivity contribution < 1.29 is 27.5 Å². The van der Waals surface area contributed by atoms with Gasteiger partial charge < -0.3 is 14.5 Å². The van der Waals surface area contributed by atoms with Crippen molar-refractivity contribution in [1.29, 1.82) is 0 Å². The van der Waals surface area contributed by atoms with Gasteiger partial charge in [-0.15, -0.1) is 4.73 Å². The fourth-order valence-corrected chi connectivity index (χ4v) is 2.19. The molecule has 0 aliphatic heterocycles. The molecule has 0 aliphatic carbocycles. The van der Waals surface area contributed by atoms with Gasteiger partial charge in [-0.05, 0) is 38.7 Å². The van der Waals surface area contributed by atoms with E-state index in [0.717, 1.165) is 0 Å². The Morgan fingerprint density at radius 1 is 1.24 bits per heavy atom. The number of nitrogens with zero attached hydrogens (tertiary/aromatic N) is 2. The Morgan fingerprint density at radius 2 is 1.92 bits per heavy atom. The number of carbonyl (C=O) groups is 1. The summed E-state index contributed by atoms with van der Waals surface area (Å²) in [4.78, 5) is 29.9. The number of rotatable bonds is 5. The van der Waals surface area contributed by atoms with Gasteiger partial charge in [0.2, 0.25) is 0 Å². The lowest BCUT2D eigenvalue weighted by molar-refractivity contribution is -0.199. The van der Waals surface area contributed by atoms with Gasteiger partial charge in [-0.25, -0.2) is 4.79 Å². The molecule has 136 valence electrons. The number of hydrogen-bond acceptors (Lipinski definition) is 5. The lowest BCUT2D eigenvalue weighted by Crippen LogP contribution is -2.39. The fraction of sp³-hybridized carbons (Fsp3) is 0.375. The number of hydrogen-bond donors (Lipinski definition) is 0. The molecule has 0 aliphatic rings. The molecule has 0 radical (unpaired) electrons. The number of pyridine rings is 1. The first kappa shape index (κ1) is 18.8. The van der Waals surface area contributed by atoms with Crippen molar-refractivity contribution in [3.8, 4) is 5.75 Å². The van der Waals surface area contributed by atoms with E-state index in [1.807, 2.05) is 4.90 Å². The van der Waals surface area contributed by atoms with Crippen LogP contribution < -0.4 is 15.1 Å². The molecule has 2 aromatic rings. The van der Waals surface area contributed by atoms with E-state index in [2.05, 4.69) is 4.84 Å². The van der Waals surface area contributed by atoms with Crippen LogP contribution >= 0.6 is 0 Å². The van der Waals surface area contributed by atoms with Crippen molar-refractivity contribution in [1.82, 2.24) is 9.63 Å². The van der Waals surface area contributed by atoms with Gasteiger partial charge in [0, 0.05) is 23.6 Å². The molecular formula is C16H17F3N2O4. The maximum atomic E-state index is 12.5. The number of likely N-dealkylation sites (N-methyl/N-ethyl adjacent to an activating group) is 1. The first-order valence-corrected chi connectivity index (χ1v) is 7.30. The number of alkyl halides is 3. The predicted octanol–water partition coefficient (Wildman–Crippen LogP) is 1.63. The number of aromatic nitrogens is 1. The lowest BCUT2D eigenvalue weighted by Gasteiger charge is -2.15. The highest BCUT2D eigenvalue weighted by atomic mass is 19.4. The van der Waals surface area contributed by atoms with Crippen molar-refractivity contribution in [2.24, 2.45) is 0 Å². The third-order valence-corrected chi connectivity index (χ3v) is 3.48. The third-order valence-electron chi connectivity index (χ3n) is 3.48. The summed E-state index contributed by atoms with van der Waals surface area (Å²) in [7, 11) is 4.97. The molecule has 0 spiro atoms. The average molecular weight is 358 g/mol. The van der Waals surface area contributed by atoms with E-state index >= 15 is 0 Å². The van der Waals surface area contributed by atoms with Crippen LogP contribution in [0.1, 0.15) is 5.56 Å². The smallest absolute Gasteiger partial charge is 0.493 e. The summed E-state index contributed by atoms with van der Waals surface area (Å²) < 4.78 is 43.0. The second-order valence-electron chi connectivity index (χ2n) is 5.62. The molecule has 0 saturated carbocycles. The minimum absolute atomic E-state index is 0.00977. The second kappa shape index (κ2) is 7.14. The summed E-state index contributed by atoms with van der Waals surface area (Å²) in [5.41, 5.74) is -0.572. The Balaban J connectivity index is 2.61. The molecule has 0 unspecified atom stereocenters. The molecule has 0 bridgehead atoms. The van der Waals surface area contributed by atoms with Crippen LogP contribution in [-0.4, -0.2) is 49.5 Å². The Bertz CT molecular complexity index is 844. The topological polar surface area (TPSA) is 60.8 Å². The zero-order chi connectivity index (χ0) is 18.8. The molecule has 1 heterocycles. The van der Waals surface area contributed by atoms with Crippen molar-refractivity contribution in [3.05, 3.63) is 40.2 Å². The van der Waals surface area contributed by atoms with Gasteiger partial charge >= 0.3 is 12.1 Å². The van der Waals surface area contributed by atoms with Gasteiger partial charge in [-0.2, -0.15) is 13.2 Å². The average Bonchev–Trinajstić information content (AvgIpc) is 2.54. The summed E-state index contributed by atoms with van der Waals surface area (Å²) in [5.74, 6) is -2.16. The van der Waals surface area contributed by atoms with Crippen LogP contribution in [0.25, 0.3) is 10.9 Å². The normalized spacial score (nSPS) is 11.8. The van der Waals surface area contributed by atoms with Gasteiger partial charge in [0.1, 0.15) is 5.75 Å². The minimum atomic E-state index is -5.22. The number of benzene rings is 1. The van der Waals surface area contributed by atoms with E-state index in [1.54, 1.807) is 32.3 Å². The van der Waals surface area contributed by atoms with E-state index in [9.17, 15) is 22.8 Å². The Morgan fingerprint density at radius 3 is 2.48 bits per heavy atom. The van der Waals surface area contributed by atoms with Crippen LogP contribution in [0.3, 0.4) is 0 Å². The Hall–Kier alpha value is -2.55. The molecule has 25 heavy (non-hydrogen) atoms. The number of carbonyl (C=O) groups excluding carboxylic acids is 1. The molecule has 0 amide bonds. The first-order valence-electron chi connectivity index (χ1n) is 7.30. The molecule has 0 atom stereocenters. The first-order chi connectivity index (χ1) is 11.6.